The van der Waals surface area contributed by atoms with E-state index in [1.54, 1.807) is 22.6 Å². The fourth-order valence-corrected chi connectivity index (χ4v) is 0. The fourth-order valence-electron chi connectivity index (χ4n) is 0. The Balaban J connectivity index is 4.10. The van der Waals surface area contributed by atoms with Crippen molar-refractivity contribution in [3.63, 3.8) is 0 Å². The number of hydrogen-bond acceptors (Lipinski definition) is 2. The van der Waals surface area contributed by atoms with Crippen LogP contribution in [-0.4, -0.2) is 17.4 Å². The fraction of sp³-hybridized carbons (Fsp3) is 1.00. The summed E-state index contributed by atoms with van der Waals surface area (Å²) in [6, 6.07) is 0. The highest BCUT2D eigenvalue weighted by Crippen LogP contribution is 2.11. The van der Waals surface area contributed by atoms with Gasteiger partial charge >= 0.3 is 0 Å². The standard InChI is InChI=1S/C2H4ClIO2S/c1-7(5,6)2(3)4/h2H,1H3. The molecule has 0 bridgehead atoms. The van der Waals surface area contributed by atoms with Crippen molar-refractivity contribution in [1.82, 2.24) is 0 Å². The first kappa shape index (κ1) is 7.97. The highest BCUT2D eigenvalue weighted by Gasteiger charge is 2.10. The van der Waals surface area contributed by atoms with Crippen molar-refractivity contribution in [2.75, 3.05) is 6.26 Å². The summed E-state index contributed by atoms with van der Waals surface area (Å²) < 4.78 is 19.6. The van der Waals surface area contributed by atoms with E-state index in [0.717, 1.165) is 6.26 Å². The molecule has 0 saturated heterocycles. The summed E-state index contributed by atoms with van der Waals surface area (Å²) in [7, 11) is -2.99. The van der Waals surface area contributed by atoms with E-state index in [4.69, 9.17) is 11.6 Å². The van der Waals surface area contributed by atoms with Gasteiger partial charge in [-0.15, -0.1) is 0 Å². The molecule has 1 unspecified atom stereocenters. The third-order valence-corrected chi connectivity index (χ3v) is 4.71. The Kier molecular flexibility index (Phi) is 2.85. The third kappa shape index (κ3) is 3.54. The minimum Gasteiger partial charge on any atom is -0.227 e. The summed E-state index contributed by atoms with van der Waals surface area (Å²) >= 11 is 6.78. The predicted octanol–water partition coefficient (Wildman–Crippen LogP) is 0.988. The number of rotatable bonds is 1. The van der Waals surface area contributed by atoms with E-state index in [-0.39, 0.29) is 0 Å². The molecule has 0 fully saturated rings. The van der Waals surface area contributed by atoms with Gasteiger partial charge in [-0.3, -0.25) is 0 Å². The monoisotopic (exact) mass is 254 g/mol. The molecule has 0 aliphatic heterocycles. The molecule has 0 rings (SSSR count). The van der Waals surface area contributed by atoms with Crippen LogP contribution in [0.15, 0.2) is 0 Å². The molecule has 0 aliphatic rings. The van der Waals surface area contributed by atoms with Gasteiger partial charge in [0.15, 0.2) is 12.6 Å². The molecule has 7 heavy (non-hydrogen) atoms. The van der Waals surface area contributed by atoms with Gasteiger partial charge in [0.1, 0.15) is 0 Å². The number of alkyl halides is 2. The van der Waals surface area contributed by atoms with Gasteiger partial charge in [0.2, 0.25) is 0 Å². The quantitative estimate of drug-likeness (QED) is 0.516. The molecule has 0 aromatic heterocycles. The van der Waals surface area contributed by atoms with Gasteiger partial charge in [-0.05, 0) is 22.6 Å². The molecule has 0 aromatic rings. The Bertz CT molecular complexity index is 138. The Hall–Kier alpha value is 0.970. The molecule has 0 aromatic carbocycles. The van der Waals surface area contributed by atoms with Crippen LogP contribution < -0.4 is 0 Å². The van der Waals surface area contributed by atoms with Crippen LogP contribution in [0, 0.1) is 0 Å². The van der Waals surface area contributed by atoms with Crippen molar-refractivity contribution >= 4 is 44.0 Å². The van der Waals surface area contributed by atoms with E-state index in [0.29, 0.717) is 0 Å². The smallest absolute Gasteiger partial charge is 0.185 e. The van der Waals surface area contributed by atoms with Gasteiger partial charge in [-0.1, -0.05) is 11.6 Å². The summed E-state index contributed by atoms with van der Waals surface area (Å²) in [5, 5.41) is 0. The summed E-state index contributed by atoms with van der Waals surface area (Å²) in [5.41, 5.74) is 0. The van der Waals surface area contributed by atoms with E-state index in [1.165, 1.54) is 0 Å². The minimum atomic E-state index is -2.99. The number of hydrogen-bond donors (Lipinski definition) is 0. The van der Waals surface area contributed by atoms with Gasteiger partial charge in [-0.2, -0.15) is 0 Å². The molecule has 0 radical (unpaired) electrons. The Labute approximate surface area is 61.3 Å². The van der Waals surface area contributed by atoms with Gasteiger partial charge in [0.05, 0.1) is 0 Å². The topological polar surface area (TPSA) is 34.1 Å². The summed E-state index contributed by atoms with van der Waals surface area (Å²) in [5.74, 6) is 0. The van der Waals surface area contributed by atoms with E-state index < -0.39 is 12.6 Å². The van der Waals surface area contributed by atoms with E-state index in [2.05, 4.69) is 0 Å². The van der Waals surface area contributed by atoms with Crippen LogP contribution in [0.25, 0.3) is 0 Å². The number of halogens is 2. The largest absolute Gasteiger partial charge is 0.227 e. The van der Waals surface area contributed by atoms with Crippen LogP contribution in [0.3, 0.4) is 0 Å². The lowest BCUT2D eigenvalue weighted by Gasteiger charge is -1.91. The van der Waals surface area contributed by atoms with Crippen molar-refractivity contribution in [3.8, 4) is 0 Å². The predicted molar refractivity (Wildman–Crippen MR) is 38.5 cm³/mol. The Morgan fingerprint density at radius 2 is 1.86 bits per heavy atom. The maximum absolute atomic E-state index is 10.2. The molecule has 2 nitrogen and oxygen atoms in total. The van der Waals surface area contributed by atoms with Crippen molar-refractivity contribution < 1.29 is 8.42 Å². The van der Waals surface area contributed by atoms with Crippen LogP contribution in [0.4, 0.5) is 0 Å². The lowest BCUT2D eigenvalue weighted by Crippen LogP contribution is -2.03. The average molecular weight is 254 g/mol. The Morgan fingerprint density at radius 1 is 1.71 bits per heavy atom. The second kappa shape index (κ2) is 2.50. The van der Waals surface area contributed by atoms with Crippen LogP contribution >= 0.6 is 34.2 Å². The zero-order chi connectivity index (χ0) is 6.08. The van der Waals surface area contributed by atoms with Crippen molar-refractivity contribution in [3.05, 3.63) is 0 Å². The van der Waals surface area contributed by atoms with Crippen LogP contribution in [0.5, 0.6) is 0 Å². The first-order valence-corrected chi connectivity index (χ1v) is 5.05. The third-order valence-electron chi connectivity index (χ3n) is 0.324. The van der Waals surface area contributed by atoms with E-state index in [9.17, 15) is 8.42 Å². The highest BCUT2D eigenvalue weighted by molar-refractivity contribution is 14.1. The van der Waals surface area contributed by atoms with Crippen molar-refractivity contribution in [2.24, 2.45) is 0 Å². The molecular weight excluding hydrogens is 250 g/mol. The second-order valence-electron chi connectivity index (χ2n) is 1.09. The normalized spacial score (nSPS) is 16.4. The second-order valence-corrected chi connectivity index (χ2v) is 6.74. The van der Waals surface area contributed by atoms with E-state index in [1.807, 2.05) is 0 Å². The first-order valence-electron chi connectivity index (χ1n) is 1.41. The van der Waals surface area contributed by atoms with Crippen molar-refractivity contribution in [2.45, 2.75) is 2.72 Å². The number of sulfone groups is 1. The zero-order valence-electron chi connectivity index (χ0n) is 3.56. The van der Waals surface area contributed by atoms with Gasteiger partial charge in [-0.25, -0.2) is 8.42 Å². The highest BCUT2D eigenvalue weighted by atomic mass is 127. The zero-order valence-corrected chi connectivity index (χ0v) is 7.29. The van der Waals surface area contributed by atoms with Gasteiger partial charge in [0.25, 0.3) is 0 Å². The molecule has 44 valence electrons. The molecule has 0 amide bonds. The lowest BCUT2D eigenvalue weighted by molar-refractivity contribution is 0.605. The minimum absolute atomic E-state index is 0.787. The van der Waals surface area contributed by atoms with Gasteiger partial charge in [0, 0.05) is 6.26 Å². The molecular formula is C2H4ClIO2S. The summed E-state index contributed by atoms with van der Waals surface area (Å²) in [6.45, 7) is 0. The molecule has 0 spiro atoms. The molecule has 0 heterocycles. The molecule has 5 heteroatoms. The average Bonchev–Trinajstić information content (AvgIpc) is 1.31. The Morgan fingerprint density at radius 3 is 1.86 bits per heavy atom. The maximum Gasteiger partial charge on any atom is 0.185 e. The molecule has 0 aliphatic carbocycles. The molecule has 0 N–H and O–H groups in total. The van der Waals surface area contributed by atoms with Crippen LogP contribution in [-0.2, 0) is 9.84 Å². The lowest BCUT2D eigenvalue weighted by atomic mass is 11.9. The van der Waals surface area contributed by atoms with Crippen LogP contribution in [0.2, 0.25) is 0 Å². The van der Waals surface area contributed by atoms with Gasteiger partial charge < -0.3 is 0 Å². The molecule has 0 saturated carbocycles. The maximum atomic E-state index is 10.2. The van der Waals surface area contributed by atoms with Crippen LogP contribution in [0.1, 0.15) is 0 Å². The summed E-state index contributed by atoms with van der Waals surface area (Å²) in [4.78, 5) is 0. The summed E-state index contributed by atoms with van der Waals surface area (Å²) in [6.07, 6.45) is 1.09. The van der Waals surface area contributed by atoms with E-state index >= 15 is 0 Å². The SMILES string of the molecule is CS(=O)(=O)C(Cl)I. The first-order chi connectivity index (χ1) is 2.94. The molecule has 1 atom stereocenters. The van der Waals surface area contributed by atoms with Crippen molar-refractivity contribution in [1.29, 1.82) is 0 Å².